The van der Waals surface area contributed by atoms with Gasteiger partial charge < -0.3 is 5.32 Å². The Hall–Kier alpha value is -1.86. The molecule has 0 unspecified atom stereocenters. The van der Waals surface area contributed by atoms with E-state index in [4.69, 9.17) is 23.2 Å². The number of aryl methyl sites for hydroxylation is 1. The maximum Gasteiger partial charge on any atom is 0.272 e. The first-order valence-corrected chi connectivity index (χ1v) is 5.95. The van der Waals surface area contributed by atoms with Crippen molar-refractivity contribution in [2.24, 2.45) is 7.05 Å². The van der Waals surface area contributed by atoms with Crippen molar-refractivity contribution in [1.82, 2.24) is 14.8 Å². The molecule has 2 aromatic rings. The van der Waals surface area contributed by atoms with Crippen LogP contribution in [0.4, 0.5) is 11.4 Å². The Morgan fingerprint density at radius 1 is 1.42 bits per heavy atom. The molecule has 0 radical (unpaired) electrons. The second-order valence-electron chi connectivity index (χ2n) is 3.69. The Morgan fingerprint density at radius 2 is 2.05 bits per heavy atom. The molecule has 19 heavy (non-hydrogen) atoms. The lowest BCUT2D eigenvalue weighted by Gasteiger charge is -2.09. The van der Waals surface area contributed by atoms with E-state index in [0.29, 0.717) is 18.1 Å². The number of nitrogens with one attached hydrogen (secondary N) is 1. The summed E-state index contributed by atoms with van der Waals surface area (Å²) in [5.41, 5.74) is 0.274. The molecule has 1 N–H and O–H groups in total. The number of anilines is 1. The molecule has 0 fully saturated rings. The average Bonchev–Trinajstić information content (AvgIpc) is 2.73. The average molecular weight is 302 g/mol. The van der Waals surface area contributed by atoms with Crippen LogP contribution in [0.15, 0.2) is 18.5 Å². The molecule has 0 aliphatic rings. The summed E-state index contributed by atoms with van der Waals surface area (Å²) < 4.78 is 1.60. The molecule has 0 spiro atoms. The molecular weight excluding hydrogens is 293 g/mol. The molecule has 1 aromatic heterocycles. The summed E-state index contributed by atoms with van der Waals surface area (Å²) in [4.78, 5) is 14.1. The second kappa shape index (κ2) is 5.41. The van der Waals surface area contributed by atoms with E-state index in [1.807, 2.05) is 0 Å². The Morgan fingerprint density at radius 3 is 2.53 bits per heavy atom. The maximum atomic E-state index is 10.7. The quantitative estimate of drug-likeness (QED) is 0.693. The fraction of sp³-hybridized carbons (Fsp3) is 0.200. The fourth-order valence-electron chi connectivity index (χ4n) is 1.48. The smallest absolute Gasteiger partial charge is 0.272 e. The highest BCUT2D eigenvalue weighted by molar-refractivity contribution is 6.39. The normalized spacial score (nSPS) is 10.5. The van der Waals surface area contributed by atoms with Crippen LogP contribution in [0.2, 0.25) is 10.0 Å². The van der Waals surface area contributed by atoms with Crippen molar-refractivity contribution in [2.45, 2.75) is 6.54 Å². The molecule has 0 bridgehead atoms. The van der Waals surface area contributed by atoms with Gasteiger partial charge in [-0.2, -0.15) is 5.10 Å². The zero-order valence-corrected chi connectivity index (χ0v) is 11.3. The zero-order valence-electron chi connectivity index (χ0n) is 9.80. The Kier molecular flexibility index (Phi) is 3.87. The van der Waals surface area contributed by atoms with Gasteiger partial charge in [0, 0.05) is 19.2 Å². The third kappa shape index (κ3) is 2.94. The molecule has 0 atom stereocenters. The van der Waals surface area contributed by atoms with Crippen LogP contribution in [0.1, 0.15) is 5.82 Å². The van der Waals surface area contributed by atoms with E-state index in [0.717, 1.165) is 0 Å². The molecular formula is C10H9Cl2N5O2. The topological polar surface area (TPSA) is 85.9 Å². The van der Waals surface area contributed by atoms with Crippen molar-refractivity contribution < 1.29 is 4.92 Å². The number of rotatable bonds is 4. The summed E-state index contributed by atoms with van der Waals surface area (Å²) >= 11 is 11.9. The van der Waals surface area contributed by atoms with Gasteiger partial charge >= 0.3 is 0 Å². The first-order chi connectivity index (χ1) is 8.99. The summed E-state index contributed by atoms with van der Waals surface area (Å²) in [5.74, 6) is 0.686. The third-order valence-corrected chi connectivity index (χ3v) is 3.06. The Labute approximate surface area is 118 Å². The van der Waals surface area contributed by atoms with Gasteiger partial charge in [-0.05, 0) is 0 Å². The molecule has 1 aromatic carbocycles. The molecule has 0 saturated carbocycles. The van der Waals surface area contributed by atoms with Gasteiger partial charge in [0.2, 0.25) is 0 Å². The predicted molar refractivity (Wildman–Crippen MR) is 71.4 cm³/mol. The van der Waals surface area contributed by atoms with Crippen LogP contribution in [0.3, 0.4) is 0 Å². The molecule has 0 aliphatic carbocycles. The lowest BCUT2D eigenvalue weighted by Crippen LogP contribution is -2.07. The first kappa shape index (κ1) is 13.6. The van der Waals surface area contributed by atoms with Crippen molar-refractivity contribution in [3.05, 3.63) is 44.4 Å². The number of non-ortho nitro benzene ring substituents is 1. The van der Waals surface area contributed by atoms with E-state index >= 15 is 0 Å². The van der Waals surface area contributed by atoms with E-state index < -0.39 is 4.92 Å². The third-order valence-electron chi connectivity index (χ3n) is 2.47. The molecule has 0 amide bonds. The van der Waals surface area contributed by atoms with Gasteiger partial charge in [-0.15, -0.1) is 0 Å². The number of benzene rings is 1. The van der Waals surface area contributed by atoms with Crippen LogP contribution in [-0.4, -0.2) is 19.7 Å². The number of aromatic nitrogens is 3. The SMILES string of the molecule is Cn1ncnc1CNc1c(Cl)cc([N+](=O)[O-])cc1Cl. The van der Waals surface area contributed by atoms with Gasteiger partial charge in [0.15, 0.2) is 0 Å². The molecule has 0 aliphatic heterocycles. The van der Waals surface area contributed by atoms with Gasteiger partial charge in [-0.3, -0.25) is 14.8 Å². The second-order valence-corrected chi connectivity index (χ2v) is 4.51. The van der Waals surface area contributed by atoms with Gasteiger partial charge in [0.05, 0.1) is 27.2 Å². The van der Waals surface area contributed by atoms with Crippen LogP contribution >= 0.6 is 23.2 Å². The van der Waals surface area contributed by atoms with Crippen molar-refractivity contribution in [3.63, 3.8) is 0 Å². The van der Waals surface area contributed by atoms with Gasteiger partial charge in [0.25, 0.3) is 5.69 Å². The summed E-state index contributed by atoms with van der Waals surface area (Å²) in [6.45, 7) is 0.355. The molecule has 7 nitrogen and oxygen atoms in total. The van der Waals surface area contributed by atoms with Gasteiger partial charge in [-0.1, -0.05) is 23.2 Å². The number of nitrogens with zero attached hydrogens (tertiary/aromatic N) is 4. The van der Waals surface area contributed by atoms with Crippen LogP contribution in [-0.2, 0) is 13.6 Å². The highest BCUT2D eigenvalue weighted by Crippen LogP contribution is 2.34. The predicted octanol–water partition coefficient (Wildman–Crippen LogP) is 2.64. The van der Waals surface area contributed by atoms with Crippen LogP contribution in [0.25, 0.3) is 0 Å². The van der Waals surface area contributed by atoms with Crippen LogP contribution in [0, 0.1) is 10.1 Å². The summed E-state index contributed by atoms with van der Waals surface area (Å²) in [7, 11) is 1.75. The van der Waals surface area contributed by atoms with Crippen LogP contribution in [0.5, 0.6) is 0 Å². The standard InChI is InChI=1S/C10H9Cl2N5O2/c1-16-9(14-5-15-16)4-13-10-7(11)2-6(17(18)19)3-8(10)12/h2-3,5,13H,4H2,1H3. The molecule has 100 valence electrons. The highest BCUT2D eigenvalue weighted by Gasteiger charge is 2.14. The minimum atomic E-state index is -0.551. The van der Waals surface area contributed by atoms with Crippen LogP contribution < -0.4 is 5.32 Å². The molecule has 2 rings (SSSR count). The summed E-state index contributed by atoms with van der Waals surface area (Å²) in [5, 5.41) is 17.9. The lowest BCUT2D eigenvalue weighted by atomic mass is 10.2. The Bertz CT molecular complexity index is 605. The van der Waals surface area contributed by atoms with E-state index in [1.54, 1.807) is 11.7 Å². The molecule has 0 saturated heterocycles. The molecule has 1 heterocycles. The van der Waals surface area contributed by atoms with Crippen molar-refractivity contribution in [2.75, 3.05) is 5.32 Å². The number of halogens is 2. The minimum absolute atomic E-state index is 0.154. The monoisotopic (exact) mass is 301 g/mol. The summed E-state index contributed by atoms with van der Waals surface area (Å²) in [6.07, 6.45) is 1.43. The van der Waals surface area contributed by atoms with E-state index in [2.05, 4.69) is 15.4 Å². The largest absolute Gasteiger partial charge is 0.375 e. The van der Waals surface area contributed by atoms with Crippen molar-refractivity contribution in [1.29, 1.82) is 0 Å². The number of hydrogen-bond acceptors (Lipinski definition) is 5. The summed E-state index contributed by atoms with van der Waals surface area (Å²) in [6, 6.07) is 2.49. The van der Waals surface area contributed by atoms with E-state index in [1.165, 1.54) is 18.5 Å². The van der Waals surface area contributed by atoms with Gasteiger partial charge in [0.1, 0.15) is 12.2 Å². The highest BCUT2D eigenvalue weighted by atomic mass is 35.5. The lowest BCUT2D eigenvalue weighted by molar-refractivity contribution is -0.384. The van der Waals surface area contributed by atoms with E-state index in [9.17, 15) is 10.1 Å². The first-order valence-electron chi connectivity index (χ1n) is 5.19. The number of hydrogen-bond donors (Lipinski definition) is 1. The Balaban J connectivity index is 2.21. The van der Waals surface area contributed by atoms with Crippen molar-refractivity contribution in [3.8, 4) is 0 Å². The number of nitro benzene ring substituents is 1. The zero-order chi connectivity index (χ0) is 14.0. The minimum Gasteiger partial charge on any atom is -0.375 e. The van der Waals surface area contributed by atoms with Gasteiger partial charge in [-0.25, -0.2) is 4.98 Å². The molecule has 9 heteroatoms. The fourth-order valence-corrected chi connectivity index (χ4v) is 2.09. The van der Waals surface area contributed by atoms with Crippen molar-refractivity contribution >= 4 is 34.6 Å². The maximum absolute atomic E-state index is 10.7. The number of nitro groups is 1. The van der Waals surface area contributed by atoms with E-state index in [-0.39, 0.29) is 15.7 Å².